The van der Waals surface area contributed by atoms with E-state index in [0.29, 0.717) is 6.20 Å². The number of halogens is 7. The number of nitrogens with zero attached hydrogens (tertiary/aromatic N) is 4. The molecule has 0 aliphatic heterocycles. The molecule has 0 spiro atoms. The smallest absolute Gasteiger partial charge is 0.381 e. The third-order valence-electron chi connectivity index (χ3n) is 6.05. The highest BCUT2D eigenvalue weighted by Gasteiger charge is 2.37. The Morgan fingerprint density at radius 2 is 1.88 bits per heavy atom. The summed E-state index contributed by atoms with van der Waals surface area (Å²) >= 11 is 0. The zero-order chi connectivity index (χ0) is 29.4. The van der Waals surface area contributed by atoms with E-state index < -0.39 is 80.8 Å². The summed E-state index contributed by atoms with van der Waals surface area (Å²) in [5.74, 6) is -3.59. The molecule has 1 aromatic carbocycles. The number of aromatic nitrogens is 5. The summed E-state index contributed by atoms with van der Waals surface area (Å²) < 4.78 is 97.8. The number of aryl methyl sites for hydroxylation is 1. The average molecular weight is 571 g/mol. The van der Waals surface area contributed by atoms with Gasteiger partial charge in [0.2, 0.25) is 5.95 Å². The number of pyridine rings is 1. The van der Waals surface area contributed by atoms with E-state index in [4.69, 9.17) is 5.73 Å². The highest BCUT2D eigenvalue weighted by atomic mass is 19.4. The van der Waals surface area contributed by atoms with Gasteiger partial charge in [-0.3, -0.25) is 9.59 Å². The van der Waals surface area contributed by atoms with Gasteiger partial charge in [0.15, 0.2) is 11.6 Å². The van der Waals surface area contributed by atoms with Crippen molar-refractivity contribution in [2.24, 2.45) is 0 Å². The minimum atomic E-state index is -4.92. The molecule has 3 aromatic heterocycles. The SMILES string of the molecule is CC(CCCn1ccc2cc(-c3nc(N)ncc3C(F)F)c(F)c(F)c2c1=O)Nc1cn[nH]c(=O)c1C(F)(F)F. The maximum atomic E-state index is 15.1. The zero-order valence-electron chi connectivity index (χ0n) is 20.5. The summed E-state index contributed by atoms with van der Waals surface area (Å²) in [6.07, 6.45) is -4.77. The summed E-state index contributed by atoms with van der Waals surface area (Å²) in [6, 6.07) is 1.70. The Kier molecular flexibility index (Phi) is 7.79. The molecule has 40 heavy (non-hydrogen) atoms. The lowest BCUT2D eigenvalue weighted by Crippen LogP contribution is -2.27. The zero-order valence-corrected chi connectivity index (χ0v) is 20.5. The maximum Gasteiger partial charge on any atom is 0.423 e. The van der Waals surface area contributed by atoms with E-state index in [1.54, 1.807) is 12.0 Å². The standard InChI is InChI=1S/C24H20F7N7O2/c1-10(35-14-9-34-37-21(39)16(14)24(29,30)31)3-2-5-38-6-4-11-7-12(17(25)18(26)15(11)22(38)40)19-13(20(27)28)8-33-23(32)36-19/h4,6-10,20H,2-3,5H2,1H3,(H2,32,33,36)(H2,35,37,39). The Balaban J connectivity index is 1.56. The Morgan fingerprint density at radius 1 is 1.15 bits per heavy atom. The third-order valence-corrected chi connectivity index (χ3v) is 6.05. The number of aromatic amines is 1. The first kappa shape index (κ1) is 28.5. The summed E-state index contributed by atoms with van der Waals surface area (Å²) in [5, 5.41) is 6.97. The van der Waals surface area contributed by atoms with Crippen molar-refractivity contribution in [3.63, 3.8) is 0 Å². The van der Waals surface area contributed by atoms with Gasteiger partial charge in [-0.1, -0.05) is 0 Å². The van der Waals surface area contributed by atoms with Gasteiger partial charge in [0.1, 0.15) is 5.56 Å². The number of nitrogens with two attached hydrogens (primary N) is 1. The van der Waals surface area contributed by atoms with Gasteiger partial charge in [0, 0.05) is 30.5 Å². The molecule has 0 radical (unpaired) electrons. The highest BCUT2D eigenvalue weighted by Crippen LogP contribution is 2.35. The van der Waals surface area contributed by atoms with E-state index in [1.807, 2.05) is 0 Å². The second-order valence-electron chi connectivity index (χ2n) is 8.84. The number of hydrogen-bond donors (Lipinski definition) is 3. The number of fused-ring (bicyclic) bond motifs is 1. The lowest BCUT2D eigenvalue weighted by atomic mass is 10.0. The number of hydrogen-bond acceptors (Lipinski definition) is 7. The second-order valence-corrected chi connectivity index (χ2v) is 8.84. The van der Waals surface area contributed by atoms with Crippen LogP contribution in [0.15, 0.2) is 40.3 Å². The van der Waals surface area contributed by atoms with E-state index in [1.165, 1.54) is 12.3 Å². The molecule has 4 aromatic rings. The van der Waals surface area contributed by atoms with E-state index >= 15 is 8.78 Å². The number of rotatable bonds is 8. The van der Waals surface area contributed by atoms with Gasteiger partial charge in [-0.15, -0.1) is 0 Å². The summed E-state index contributed by atoms with van der Waals surface area (Å²) in [5.41, 5.74) is -0.827. The van der Waals surface area contributed by atoms with Crippen molar-refractivity contribution in [2.75, 3.05) is 11.1 Å². The van der Waals surface area contributed by atoms with Gasteiger partial charge in [-0.2, -0.15) is 18.3 Å². The fourth-order valence-electron chi connectivity index (χ4n) is 4.20. The van der Waals surface area contributed by atoms with E-state index in [-0.39, 0.29) is 24.8 Å². The number of H-pyrrole nitrogens is 1. The quantitative estimate of drug-likeness (QED) is 0.263. The van der Waals surface area contributed by atoms with Crippen LogP contribution in [0.2, 0.25) is 0 Å². The Morgan fingerprint density at radius 3 is 2.55 bits per heavy atom. The Hall–Kier alpha value is -4.50. The van der Waals surface area contributed by atoms with Crippen molar-refractivity contribution in [3.8, 4) is 11.3 Å². The van der Waals surface area contributed by atoms with Crippen LogP contribution >= 0.6 is 0 Å². The van der Waals surface area contributed by atoms with Crippen LogP contribution in [0.5, 0.6) is 0 Å². The molecular weight excluding hydrogens is 551 g/mol. The van der Waals surface area contributed by atoms with Crippen LogP contribution in [0.3, 0.4) is 0 Å². The van der Waals surface area contributed by atoms with Crippen LogP contribution in [0.1, 0.15) is 37.3 Å². The van der Waals surface area contributed by atoms with Crippen molar-refractivity contribution < 1.29 is 30.7 Å². The van der Waals surface area contributed by atoms with Crippen LogP contribution < -0.4 is 22.2 Å². The molecule has 1 atom stereocenters. The van der Waals surface area contributed by atoms with Crippen molar-refractivity contribution >= 4 is 22.4 Å². The van der Waals surface area contributed by atoms with Crippen molar-refractivity contribution in [2.45, 2.75) is 45.0 Å². The molecule has 9 nitrogen and oxygen atoms in total. The Labute approximate surface area is 219 Å². The van der Waals surface area contributed by atoms with Gasteiger partial charge in [0.25, 0.3) is 17.5 Å². The highest BCUT2D eigenvalue weighted by molar-refractivity contribution is 5.87. The summed E-state index contributed by atoms with van der Waals surface area (Å²) in [6.45, 7) is 1.54. The van der Waals surface area contributed by atoms with Crippen LogP contribution in [-0.2, 0) is 12.7 Å². The van der Waals surface area contributed by atoms with Crippen LogP contribution in [0.25, 0.3) is 22.0 Å². The molecule has 0 amide bonds. The molecule has 0 aliphatic carbocycles. The second kappa shape index (κ2) is 10.9. The van der Waals surface area contributed by atoms with E-state index in [0.717, 1.165) is 16.8 Å². The predicted molar refractivity (Wildman–Crippen MR) is 131 cm³/mol. The molecule has 212 valence electrons. The lowest BCUT2D eigenvalue weighted by Gasteiger charge is -2.18. The van der Waals surface area contributed by atoms with Crippen LogP contribution in [0.4, 0.5) is 42.4 Å². The fourth-order valence-corrected chi connectivity index (χ4v) is 4.20. The number of alkyl halides is 5. The summed E-state index contributed by atoms with van der Waals surface area (Å²) in [4.78, 5) is 31.6. The molecule has 0 fully saturated rings. The number of nitrogen functional groups attached to an aromatic ring is 1. The summed E-state index contributed by atoms with van der Waals surface area (Å²) in [7, 11) is 0. The molecular formula is C24H20F7N7O2. The molecule has 4 N–H and O–H groups in total. The molecule has 1 unspecified atom stereocenters. The molecule has 0 bridgehead atoms. The van der Waals surface area contributed by atoms with Crippen LogP contribution in [-0.4, -0.2) is 30.8 Å². The Bertz CT molecular complexity index is 1690. The molecule has 0 saturated carbocycles. The van der Waals surface area contributed by atoms with E-state index in [2.05, 4.69) is 20.4 Å². The average Bonchev–Trinajstić information content (AvgIpc) is 2.86. The van der Waals surface area contributed by atoms with Gasteiger partial charge >= 0.3 is 6.18 Å². The number of anilines is 2. The monoisotopic (exact) mass is 571 g/mol. The molecule has 16 heteroatoms. The largest absolute Gasteiger partial charge is 0.423 e. The van der Waals surface area contributed by atoms with E-state index in [9.17, 15) is 31.5 Å². The minimum Gasteiger partial charge on any atom is -0.381 e. The molecule has 3 heterocycles. The minimum absolute atomic E-state index is 0.0126. The predicted octanol–water partition coefficient (Wildman–Crippen LogP) is 4.64. The van der Waals surface area contributed by atoms with Gasteiger partial charge in [0.05, 0.1) is 28.5 Å². The third kappa shape index (κ3) is 5.60. The lowest BCUT2D eigenvalue weighted by molar-refractivity contribution is -0.138. The topological polar surface area (TPSA) is 132 Å². The van der Waals surface area contributed by atoms with Crippen molar-refractivity contribution in [1.29, 1.82) is 0 Å². The first-order valence-corrected chi connectivity index (χ1v) is 11.6. The van der Waals surface area contributed by atoms with Gasteiger partial charge in [-0.05, 0) is 37.3 Å². The maximum absolute atomic E-state index is 15.1. The molecule has 0 saturated heterocycles. The van der Waals surface area contributed by atoms with Crippen molar-refractivity contribution in [3.05, 3.63) is 74.2 Å². The first-order chi connectivity index (χ1) is 18.8. The number of nitrogens with one attached hydrogen (secondary N) is 2. The first-order valence-electron chi connectivity index (χ1n) is 11.6. The van der Waals surface area contributed by atoms with Gasteiger partial charge < -0.3 is 15.6 Å². The van der Waals surface area contributed by atoms with Gasteiger partial charge in [-0.25, -0.2) is 32.6 Å². The van der Waals surface area contributed by atoms with Crippen LogP contribution in [0, 0.1) is 11.6 Å². The molecule has 0 aliphatic rings. The fraction of sp³-hybridized carbons (Fsp3) is 0.292. The normalized spacial score (nSPS) is 12.7. The molecule has 4 rings (SSSR count). The van der Waals surface area contributed by atoms with Crippen molar-refractivity contribution in [1.82, 2.24) is 24.7 Å². The number of benzene rings is 1.